The third-order valence-corrected chi connectivity index (χ3v) is 5.05. The molecule has 142 valence electrons. The molecule has 0 N–H and O–H groups in total. The molecule has 1 aliphatic carbocycles. The van der Waals surface area contributed by atoms with Gasteiger partial charge in [0.1, 0.15) is 5.76 Å². The number of rotatable bonds is 7. The van der Waals surface area contributed by atoms with E-state index in [-0.39, 0.29) is 0 Å². The van der Waals surface area contributed by atoms with Gasteiger partial charge < -0.3 is 9.15 Å². The average Bonchev–Trinajstić information content (AvgIpc) is 2.93. The van der Waals surface area contributed by atoms with Crippen LogP contribution in [-0.2, 0) is 17.6 Å². The summed E-state index contributed by atoms with van der Waals surface area (Å²) >= 11 is 0. The fourth-order valence-corrected chi connectivity index (χ4v) is 3.46. The van der Waals surface area contributed by atoms with E-state index in [9.17, 15) is 13.6 Å². The molecule has 2 unspecified atom stereocenters. The molecule has 3 nitrogen and oxygen atoms in total. The standard InChI is InChI=1S/C22H22F2O3/c1-4-8-17-18(12-15(26-17)11-14-9-6-5-7-10-14)27-21(25)20-16(13-19(23)24)22(20,2)3/h4-7,9-10,12-13,16,20H,1,8,11H2,2-3H3. The first kappa shape index (κ1) is 19.1. The number of hydrogen-bond donors (Lipinski definition) is 0. The van der Waals surface area contributed by atoms with Crippen LogP contribution in [0, 0.1) is 17.3 Å². The maximum Gasteiger partial charge on any atom is 0.315 e. The third-order valence-electron chi connectivity index (χ3n) is 5.05. The van der Waals surface area contributed by atoms with E-state index in [0.29, 0.717) is 30.1 Å². The van der Waals surface area contributed by atoms with Crippen molar-refractivity contribution in [1.29, 1.82) is 0 Å². The van der Waals surface area contributed by atoms with Crippen molar-refractivity contribution in [3.63, 3.8) is 0 Å². The van der Waals surface area contributed by atoms with Crippen LogP contribution in [0.4, 0.5) is 8.78 Å². The van der Waals surface area contributed by atoms with Gasteiger partial charge in [0.15, 0.2) is 11.5 Å². The molecule has 0 radical (unpaired) electrons. The van der Waals surface area contributed by atoms with Crippen molar-refractivity contribution in [2.24, 2.45) is 17.3 Å². The largest absolute Gasteiger partial charge is 0.461 e. The molecule has 5 heteroatoms. The highest BCUT2D eigenvalue weighted by molar-refractivity contribution is 5.80. The van der Waals surface area contributed by atoms with Crippen molar-refractivity contribution in [3.8, 4) is 5.75 Å². The quantitative estimate of drug-likeness (QED) is 0.472. The van der Waals surface area contributed by atoms with Crippen LogP contribution in [0.5, 0.6) is 5.75 Å². The van der Waals surface area contributed by atoms with Gasteiger partial charge in [0.25, 0.3) is 6.08 Å². The van der Waals surface area contributed by atoms with Crippen molar-refractivity contribution >= 4 is 5.97 Å². The van der Waals surface area contributed by atoms with Crippen LogP contribution < -0.4 is 4.74 Å². The second-order valence-corrected chi connectivity index (χ2v) is 7.36. The summed E-state index contributed by atoms with van der Waals surface area (Å²) in [7, 11) is 0. The minimum absolute atomic E-state index is 0.331. The third kappa shape index (κ3) is 4.18. The Morgan fingerprint density at radius 1 is 1.30 bits per heavy atom. The second kappa shape index (κ2) is 7.51. The monoisotopic (exact) mass is 372 g/mol. The molecule has 1 saturated carbocycles. The number of allylic oxidation sites excluding steroid dienone is 2. The number of hydrogen-bond acceptors (Lipinski definition) is 3. The van der Waals surface area contributed by atoms with E-state index in [1.165, 1.54) is 0 Å². The van der Waals surface area contributed by atoms with Crippen LogP contribution in [0.25, 0.3) is 0 Å². The topological polar surface area (TPSA) is 39.4 Å². The van der Waals surface area contributed by atoms with Gasteiger partial charge in [0.05, 0.1) is 5.92 Å². The maximum absolute atomic E-state index is 12.6. The van der Waals surface area contributed by atoms with Gasteiger partial charge in [-0.25, -0.2) is 0 Å². The van der Waals surface area contributed by atoms with E-state index < -0.39 is 29.3 Å². The highest BCUT2D eigenvalue weighted by Crippen LogP contribution is 2.60. The summed E-state index contributed by atoms with van der Waals surface area (Å²) in [6, 6.07) is 11.5. The molecule has 0 amide bonds. The van der Waals surface area contributed by atoms with E-state index in [0.717, 1.165) is 11.6 Å². The molecule has 27 heavy (non-hydrogen) atoms. The number of furan rings is 1. The first-order valence-corrected chi connectivity index (χ1v) is 8.84. The molecule has 2 aromatic rings. The van der Waals surface area contributed by atoms with E-state index >= 15 is 0 Å². The van der Waals surface area contributed by atoms with Gasteiger partial charge in [-0.15, -0.1) is 6.58 Å². The van der Waals surface area contributed by atoms with Crippen LogP contribution in [0.1, 0.15) is 30.9 Å². The van der Waals surface area contributed by atoms with E-state index in [4.69, 9.17) is 9.15 Å². The number of halogens is 2. The summed E-state index contributed by atoms with van der Waals surface area (Å²) in [4.78, 5) is 12.5. The molecule has 1 aromatic heterocycles. The normalized spacial score (nSPS) is 20.0. The first-order valence-electron chi connectivity index (χ1n) is 8.84. The second-order valence-electron chi connectivity index (χ2n) is 7.36. The number of ether oxygens (including phenoxy) is 1. The molecule has 0 spiro atoms. The Hall–Kier alpha value is -2.69. The molecule has 0 aliphatic heterocycles. The zero-order valence-corrected chi connectivity index (χ0v) is 15.4. The van der Waals surface area contributed by atoms with Crippen LogP contribution in [0.2, 0.25) is 0 Å². The molecule has 1 heterocycles. The minimum Gasteiger partial charge on any atom is -0.461 e. The van der Waals surface area contributed by atoms with E-state index in [1.54, 1.807) is 26.0 Å². The number of benzene rings is 1. The Labute approximate surface area is 157 Å². The summed E-state index contributed by atoms with van der Waals surface area (Å²) in [6.07, 6.45) is 1.70. The molecule has 0 bridgehead atoms. The maximum atomic E-state index is 12.6. The molecule has 1 aliphatic rings. The fraction of sp³-hybridized carbons (Fsp3) is 0.318. The zero-order valence-electron chi connectivity index (χ0n) is 15.4. The first-order chi connectivity index (χ1) is 12.8. The van der Waals surface area contributed by atoms with E-state index in [1.807, 2.05) is 30.3 Å². The average molecular weight is 372 g/mol. The Morgan fingerprint density at radius 2 is 2.00 bits per heavy atom. The van der Waals surface area contributed by atoms with Gasteiger partial charge in [0, 0.05) is 24.8 Å². The van der Waals surface area contributed by atoms with Gasteiger partial charge in [0.2, 0.25) is 0 Å². The van der Waals surface area contributed by atoms with Crippen molar-refractivity contribution in [1.82, 2.24) is 0 Å². The van der Waals surface area contributed by atoms with Crippen LogP contribution >= 0.6 is 0 Å². The van der Waals surface area contributed by atoms with Gasteiger partial charge in [-0.2, -0.15) is 8.78 Å². The predicted molar refractivity (Wildman–Crippen MR) is 98.6 cm³/mol. The van der Waals surface area contributed by atoms with Gasteiger partial charge >= 0.3 is 5.97 Å². The highest BCUT2D eigenvalue weighted by atomic mass is 19.3. The smallest absolute Gasteiger partial charge is 0.315 e. The van der Waals surface area contributed by atoms with Crippen molar-refractivity contribution in [2.75, 3.05) is 0 Å². The van der Waals surface area contributed by atoms with Gasteiger partial charge in [-0.05, 0) is 17.1 Å². The van der Waals surface area contributed by atoms with Crippen molar-refractivity contribution < 1.29 is 22.7 Å². The molecule has 2 atom stereocenters. The molecule has 3 rings (SSSR count). The van der Waals surface area contributed by atoms with E-state index in [2.05, 4.69) is 6.58 Å². The Balaban J connectivity index is 1.77. The van der Waals surface area contributed by atoms with Crippen LogP contribution in [0.15, 0.2) is 65.6 Å². The van der Waals surface area contributed by atoms with Crippen molar-refractivity contribution in [2.45, 2.75) is 26.7 Å². The zero-order chi connectivity index (χ0) is 19.6. The Bertz CT molecular complexity index is 861. The molecular formula is C22H22F2O3. The summed E-state index contributed by atoms with van der Waals surface area (Å²) in [5.74, 6) is -0.123. The lowest BCUT2D eigenvalue weighted by molar-refractivity contribution is -0.136. The van der Waals surface area contributed by atoms with Crippen LogP contribution in [-0.4, -0.2) is 5.97 Å². The van der Waals surface area contributed by atoms with Gasteiger partial charge in [-0.1, -0.05) is 50.3 Å². The lowest BCUT2D eigenvalue weighted by atomic mass is 10.1. The number of carbonyl (C=O) groups excluding carboxylic acids is 1. The molecule has 1 aromatic carbocycles. The lowest BCUT2D eigenvalue weighted by Crippen LogP contribution is -2.14. The van der Waals surface area contributed by atoms with Gasteiger partial charge in [-0.3, -0.25) is 4.79 Å². The fourth-order valence-electron chi connectivity index (χ4n) is 3.46. The summed E-state index contributed by atoms with van der Waals surface area (Å²) < 4.78 is 36.5. The number of esters is 1. The van der Waals surface area contributed by atoms with Crippen molar-refractivity contribution in [3.05, 3.63) is 78.3 Å². The molecule has 0 saturated heterocycles. The SMILES string of the molecule is C=CCc1oc(Cc2ccccc2)cc1OC(=O)C1C(C=C(F)F)C1(C)C. The summed E-state index contributed by atoms with van der Waals surface area (Å²) in [5.41, 5.74) is 0.525. The predicted octanol–water partition coefficient (Wildman–Crippen LogP) is 5.56. The lowest BCUT2D eigenvalue weighted by Gasteiger charge is -2.04. The minimum atomic E-state index is -1.77. The molecular weight excluding hydrogens is 350 g/mol. The highest BCUT2D eigenvalue weighted by Gasteiger charge is 2.62. The summed E-state index contributed by atoms with van der Waals surface area (Å²) in [5, 5.41) is 0. The molecule has 1 fully saturated rings. The Morgan fingerprint density at radius 3 is 2.63 bits per heavy atom. The summed E-state index contributed by atoms with van der Waals surface area (Å²) in [6.45, 7) is 7.26. The number of carbonyl (C=O) groups is 1. The van der Waals surface area contributed by atoms with Crippen LogP contribution in [0.3, 0.4) is 0 Å². The Kier molecular flexibility index (Phi) is 5.31.